The zero-order valence-electron chi connectivity index (χ0n) is 15.5. The van der Waals surface area contributed by atoms with Crippen LogP contribution in [-0.2, 0) is 9.31 Å². The molecule has 0 saturated carbocycles. The quantitative estimate of drug-likeness (QED) is 0.438. The van der Waals surface area contributed by atoms with E-state index in [2.05, 4.69) is 26.0 Å². The Labute approximate surface area is 148 Å². The van der Waals surface area contributed by atoms with Gasteiger partial charge in [-0.15, -0.1) is 0 Å². The highest BCUT2D eigenvalue weighted by molar-refractivity contribution is 6.61. The van der Waals surface area contributed by atoms with Crippen LogP contribution < -0.4 is 10.2 Å². The lowest BCUT2D eigenvalue weighted by Gasteiger charge is -2.27. The highest BCUT2D eigenvalue weighted by Crippen LogP contribution is 2.17. The second-order valence-corrected chi connectivity index (χ2v) is 6.84. The Morgan fingerprint density at radius 2 is 1.58 bits per heavy atom. The van der Waals surface area contributed by atoms with Crippen molar-refractivity contribution in [3.8, 4) is 5.75 Å². The van der Waals surface area contributed by atoms with Crippen LogP contribution in [-0.4, -0.2) is 26.9 Å². The maximum Gasteiger partial charge on any atom is 0.493 e. The lowest BCUT2D eigenvalue weighted by atomic mass is 9.77. The monoisotopic (exact) mass is 332 g/mol. The fourth-order valence-corrected chi connectivity index (χ4v) is 3.03. The Bertz CT molecular complexity index is 427. The van der Waals surface area contributed by atoms with Crippen molar-refractivity contribution in [2.75, 3.05) is 19.8 Å². The SMILES string of the molecule is CCCCCCOc1ccc(B2OCC(CCCCC)CO2)cc1. The number of unbranched alkanes of at least 4 members (excludes halogenated alkanes) is 5. The molecular formula is C20H33BO3. The van der Waals surface area contributed by atoms with Crippen LogP contribution in [0, 0.1) is 5.92 Å². The molecule has 1 aliphatic heterocycles. The number of rotatable bonds is 11. The van der Waals surface area contributed by atoms with Gasteiger partial charge in [0, 0.05) is 19.1 Å². The third-order valence-electron chi connectivity index (χ3n) is 4.60. The van der Waals surface area contributed by atoms with Crippen molar-refractivity contribution < 1.29 is 14.0 Å². The molecule has 3 nitrogen and oxygen atoms in total. The molecule has 0 N–H and O–H groups in total. The van der Waals surface area contributed by atoms with Crippen molar-refractivity contribution in [2.24, 2.45) is 5.92 Å². The summed E-state index contributed by atoms with van der Waals surface area (Å²) in [5, 5.41) is 0. The molecule has 1 aromatic carbocycles. The molecule has 0 radical (unpaired) electrons. The van der Waals surface area contributed by atoms with Crippen LogP contribution in [0.5, 0.6) is 5.75 Å². The Morgan fingerprint density at radius 1 is 0.917 bits per heavy atom. The van der Waals surface area contributed by atoms with E-state index in [1.54, 1.807) is 0 Å². The molecule has 24 heavy (non-hydrogen) atoms. The van der Waals surface area contributed by atoms with Crippen LogP contribution in [0.2, 0.25) is 0 Å². The standard InChI is InChI=1S/C20H33BO3/c1-3-5-7-9-15-22-20-13-11-19(12-14-20)21-23-16-18(17-24-21)10-8-6-4-2/h11-14,18H,3-10,15-17H2,1-2H3. The molecule has 4 heteroatoms. The second-order valence-electron chi connectivity index (χ2n) is 6.84. The van der Waals surface area contributed by atoms with Crippen molar-refractivity contribution in [3.05, 3.63) is 24.3 Å². The summed E-state index contributed by atoms with van der Waals surface area (Å²) in [5.41, 5.74) is 1.08. The van der Waals surface area contributed by atoms with Crippen molar-refractivity contribution >= 4 is 12.6 Å². The highest BCUT2D eigenvalue weighted by Gasteiger charge is 2.28. The first-order valence-corrected chi connectivity index (χ1v) is 9.79. The predicted octanol–water partition coefficient (Wildman–Crippen LogP) is 4.58. The Kier molecular flexibility index (Phi) is 9.30. The summed E-state index contributed by atoms with van der Waals surface area (Å²) >= 11 is 0. The highest BCUT2D eigenvalue weighted by atomic mass is 16.6. The topological polar surface area (TPSA) is 27.7 Å². The molecule has 0 aliphatic carbocycles. The first-order chi connectivity index (χ1) is 11.8. The van der Waals surface area contributed by atoms with Gasteiger partial charge in [0.25, 0.3) is 0 Å². The van der Waals surface area contributed by atoms with E-state index in [4.69, 9.17) is 14.0 Å². The smallest absolute Gasteiger partial charge is 0.493 e. The summed E-state index contributed by atoms with van der Waals surface area (Å²) in [5.74, 6) is 1.49. The van der Waals surface area contributed by atoms with Gasteiger partial charge in [0.1, 0.15) is 5.75 Å². The Morgan fingerprint density at radius 3 is 2.25 bits per heavy atom. The fraction of sp³-hybridized carbons (Fsp3) is 0.700. The fourth-order valence-electron chi connectivity index (χ4n) is 3.03. The van der Waals surface area contributed by atoms with E-state index in [0.717, 1.165) is 37.5 Å². The summed E-state index contributed by atoms with van der Waals surface area (Å²) < 4.78 is 17.6. The van der Waals surface area contributed by atoms with Crippen molar-refractivity contribution in [1.29, 1.82) is 0 Å². The molecule has 134 valence electrons. The van der Waals surface area contributed by atoms with E-state index < -0.39 is 0 Å². The van der Waals surface area contributed by atoms with Crippen LogP contribution in [0.15, 0.2) is 24.3 Å². The second kappa shape index (κ2) is 11.5. The lowest BCUT2D eigenvalue weighted by Crippen LogP contribution is -2.44. The van der Waals surface area contributed by atoms with Crippen LogP contribution in [0.1, 0.15) is 65.2 Å². The Balaban J connectivity index is 1.68. The van der Waals surface area contributed by atoms with Gasteiger partial charge < -0.3 is 14.0 Å². The number of hydrogen-bond donors (Lipinski definition) is 0. The number of hydrogen-bond acceptors (Lipinski definition) is 3. The molecule has 0 spiro atoms. The molecule has 1 aromatic rings. The Hall–Kier alpha value is -0.995. The average molecular weight is 332 g/mol. The molecule has 0 amide bonds. The first kappa shape index (κ1) is 19.3. The minimum absolute atomic E-state index is 0.217. The van der Waals surface area contributed by atoms with Crippen molar-refractivity contribution in [1.82, 2.24) is 0 Å². The number of ether oxygens (including phenoxy) is 1. The first-order valence-electron chi connectivity index (χ1n) is 9.79. The molecule has 1 aliphatic rings. The van der Waals surface area contributed by atoms with Gasteiger partial charge in [-0.3, -0.25) is 0 Å². The molecule has 1 fully saturated rings. The van der Waals surface area contributed by atoms with Crippen molar-refractivity contribution in [3.63, 3.8) is 0 Å². The van der Waals surface area contributed by atoms with Gasteiger partial charge in [0.2, 0.25) is 0 Å². The molecule has 0 unspecified atom stereocenters. The van der Waals surface area contributed by atoms with Gasteiger partial charge in [-0.25, -0.2) is 0 Å². The van der Waals surface area contributed by atoms with E-state index in [9.17, 15) is 0 Å². The van der Waals surface area contributed by atoms with Gasteiger partial charge in [0.05, 0.1) is 6.61 Å². The van der Waals surface area contributed by atoms with Gasteiger partial charge in [-0.2, -0.15) is 0 Å². The van der Waals surface area contributed by atoms with Crippen LogP contribution in [0.3, 0.4) is 0 Å². The summed E-state index contributed by atoms with van der Waals surface area (Å²) in [6.07, 6.45) is 9.99. The summed E-state index contributed by atoms with van der Waals surface area (Å²) in [4.78, 5) is 0. The summed E-state index contributed by atoms with van der Waals surface area (Å²) in [6.45, 7) is 6.88. The van der Waals surface area contributed by atoms with E-state index >= 15 is 0 Å². The number of benzene rings is 1. The largest absolute Gasteiger partial charge is 0.494 e. The van der Waals surface area contributed by atoms with Gasteiger partial charge in [-0.1, -0.05) is 64.5 Å². The van der Waals surface area contributed by atoms with Crippen molar-refractivity contribution in [2.45, 2.75) is 65.2 Å². The minimum atomic E-state index is -0.217. The van der Waals surface area contributed by atoms with Gasteiger partial charge >= 0.3 is 7.12 Å². The summed E-state index contributed by atoms with van der Waals surface area (Å²) in [6, 6.07) is 8.16. The molecule has 0 aromatic heterocycles. The lowest BCUT2D eigenvalue weighted by molar-refractivity contribution is 0.0811. The normalized spacial score (nSPS) is 15.7. The molecular weight excluding hydrogens is 299 g/mol. The molecule has 0 bridgehead atoms. The predicted molar refractivity (Wildman–Crippen MR) is 101 cm³/mol. The molecule has 2 rings (SSSR count). The van der Waals surface area contributed by atoms with Gasteiger partial charge in [0.15, 0.2) is 0 Å². The molecule has 1 saturated heterocycles. The maximum absolute atomic E-state index is 5.91. The van der Waals surface area contributed by atoms with Crippen LogP contribution in [0.4, 0.5) is 0 Å². The van der Waals surface area contributed by atoms with Gasteiger partial charge in [-0.05, 0) is 30.4 Å². The average Bonchev–Trinajstić information content (AvgIpc) is 2.63. The zero-order valence-corrected chi connectivity index (χ0v) is 15.5. The zero-order chi connectivity index (χ0) is 17.0. The van der Waals surface area contributed by atoms with E-state index in [1.807, 2.05) is 12.1 Å². The van der Waals surface area contributed by atoms with E-state index in [0.29, 0.717) is 5.92 Å². The third-order valence-corrected chi connectivity index (χ3v) is 4.60. The molecule has 1 heterocycles. The van der Waals surface area contributed by atoms with Crippen LogP contribution >= 0.6 is 0 Å². The summed E-state index contributed by atoms with van der Waals surface area (Å²) in [7, 11) is -0.217. The maximum atomic E-state index is 5.91. The third kappa shape index (κ3) is 6.86. The minimum Gasteiger partial charge on any atom is -0.494 e. The van der Waals surface area contributed by atoms with E-state index in [1.165, 1.54) is 44.9 Å². The van der Waals surface area contributed by atoms with Crippen LogP contribution in [0.25, 0.3) is 0 Å². The molecule has 0 atom stereocenters. The van der Waals surface area contributed by atoms with E-state index in [-0.39, 0.29) is 7.12 Å².